The van der Waals surface area contributed by atoms with E-state index in [1.54, 1.807) is 12.3 Å². The minimum atomic E-state index is 0.476. The number of anilines is 3. The highest BCUT2D eigenvalue weighted by Crippen LogP contribution is 2.12. The predicted octanol–water partition coefficient (Wildman–Crippen LogP) is 1.36. The average Bonchev–Trinajstić information content (AvgIpc) is 2.96. The first kappa shape index (κ1) is 14.0. The molecule has 0 saturated heterocycles. The van der Waals surface area contributed by atoms with Crippen molar-refractivity contribution in [1.82, 2.24) is 20.1 Å². The second-order valence-electron chi connectivity index (χ2n) is 4.44. The summed E-state index contributed by atoms with van der Waals surface area (Å²) in [5.74, 6) is 2.38. The second kappa shape index (κ2) is 6.69. The van der Waals surface area contributed by atoms with Crippen molar-refractivity contribution in [2.24, 2.45) is 0 Å². The zero-order valence-corrected chi connectivity index (χ0v) is 11.9. The maximum atomic E-state index is 5.02. The van der Waals surface area contributed by atoms with Crippen LogP contribution >= 0.6 is 0 Å². The van der Waals surface area contributed by atoms with Crippen LogP contribution in [0.3, 0.4) is 0 Å². The van der Waals surface area contributed by atoms with Crippen molar-refractivity contribution in [3.63, 3.8) is 0 Å². The third-order valence-electron chi connectivity index (χ3n) is 2.47. The van der Waals surface area contributed by atoms with E-state index >= 15 is 0 Å². The van der Waals surface area contributed by atoms with Crippen LogP contribution in [0.4, 0.5) is 17.8 Å². The van der Waals surface area contributed by atoms with Crippen LogP contribution in [0, 0.1) is 0 Å². The lowest BCUT2D eigenvalue weighted by Gasteiger charge is -2.13. The summed E-state index contributed by atoms with van der Waals surface area (Å²) in [5, 5.41) is 9.90. The molecule has 0 amide bonds. The van der Waals surface area contributed by atoms with Crippen LogP contribution in [-0.4, -0.2) is 40.7 Å². The Balaban J connectivity index is 2.11. The molecule has 0 aliphatic heterocycles. The molecule has 2 aromatic rings. The molecule has 0 spiro atoms. The van der Waals surface area contributed by atoms with Crippen LogP contribution < -0.4 is 15.5 Å². The van der Waals surface area contributed by atoms with Crippen molar-refractivity contribution >= 4 is 17.8 Å². The Kier molecular flexibility index (Phi) is 4.70. The van der Waals surface area contributed by atoms with Crippen molar-refractivity contribution in [3.8, 4) is 0 Å². The summed E-state index contributed by atoms with van der Waals surface area (Å²) in [4.78, 5) is 14.8. The quantitative estimate of drug-likeness (QED) is 0.783. The molecule has 0 bridgehead atoms. The van der Waals surface area contributed by atoms with Gasteiger partial charge in [-0.15, -0.1) is 0 Å². The highest BCUT2D eigenvalue weighted by molar-refractivity contribution is 5.42. The van der Waals surface area contributed by atoms with Gasteiger partial charge in [-0.3, -0.25) is 0 Å². The Morgan fingerprint density at radius 1 is 1.15 bits per heavy atom. The van der Waals surface area contributed by atoms with Gasteiger partial charge < -0.3 is 20.1 Å². The number of aromatic nitrogens is 4. The minimum absolute atomic E-state index is 0.476. The van der Waals surface area contributed by atoms with E-state index in [1.165, 1.54) is 0 Å². The Morgan fingerprint density at radius 2 is 1.90 bits per heavy atom. The molecule has 108 valence electrons. The molecule has 0 aliphatic rings. The summed E-state index contributed by atoms with van der Waals surface area (Å²) in [6.45, 7) is 3.38. The summed E-state index contributed by atoms with van der Waals surface area (Å²) in [6, 6.07) is 1.79. The molecule has 0 aromatic carbocycles. The number of hydrogen-bond donors (Lipinski definition) is 2. The van der Waals surface area contributed by atoms with Crippen LogP contribution in [0.15, 0.2) is 16.8 Å². The van der Waals surface area contributed by atoms with Gasteiger partial charge in [0.25, 0.3) is 0 Å². The Bertz CT molecular complexity index is 527. The van der Waals surface area contributed by atoms with Gasteiger partial charge in [-0.05, 0) is 6.42 Å². The van der Waals surface area contributed by atoms with E-state index in [0.717, 1.165) is 18.7 Å². The van der Waals surface area contributed by atoms with Gasteiger partial charge in [0.2, 0.25) is 17.8 Å². The normalized spacial score (nSPS) is 10.3. The first-order valence-corrected chi connectivity index (χ1v) is 6.49. The lowest BCUT2D eigenvalue weighted by Crippen LogP contribution is -2.17. The fourth-order valence-corrected chi connectivity index (χ4v) is 1.46. The molecule has 0 fully saturated rings. The largest absolute Gasteiger partial charge is 0.360 e. The van der Waals surface area contributed by atoms with Crippen molar-refractivity contribution in [2.45, 2.75) is 19.9 Å². The number of hydrogen-bond acceptors (Lipinski definition) is 8. The lowest BCUT2D eigenvalue weighted by molar-refractivity contribution is 0.388. The van der Waals surface area contributed by atoms with Crippen LogP contribution in [0.1, 0.15) is 19.1 Å². The topological polar surface area (TPSA) is 92.0 Å². The SMILES string of the molecule is CCCNc1nc(NCc2ccno2)nc(N(C)C)n1. The van der Waals surface area contributed by atoms with Gasteiger partial charge >= 0.3 is 0 Å². The van der Waals surface area contributed by atoms with Crippen LogP contribution in [-0.2, 0) is 6.54 Å². The van der Waals surface area contributed by atoms with Crippen molar-refractivity contribution in [3.05, 3.63) is 18.0 Å². The number of nitrogens with zero attached hydrogens (tertiary/aromatic N) is 5. The highest BCUT2D eigenvalue weighted by Gasteiger charge is 2.08. The van der Waals surface area contributed by atoms with Crippen LogP contribution in [0.5, 0.6) is 0 Å². The molecule has 0 unspecified atom stereocenters. The molecule has 0 aliphatic carbocycles. The van der Waals surface area contributed by atoms with Gasteiger partial charge in [0.05, 0.1) is 12.7 Å². The van der Waals surface area contributed by atoms with Crippen molar-refractivity contribution < 1.29 is 4.52 Å². The lowest BCUT2D eigenvalue weighted by atomic mass is 10.4. The molecular weight excluding hydrogens is 258 g/mol. The number of nitrogens with one attached hydrogen (secondary N) is 2. The average molecular weight is 277 g/mol. The highest BCUT2D eigenvalue weighted by atomic mass is 16.5. The Labute approximate surface area is 117 Å². The third kappa shape index (κ3) is 3.81. The van der Waals surface area contributed by atoms with E-state index in [0.29, 0.717) is 24.4 Å². The standard InChI is InChI=1S/C12H19N7O/c1-4-6-13-10-16-11(18-12(17-10)19(2)3)14-8-9-5-7-15-20-9/h5,7H,4,6,8H2,1-3H3,(H2,13,14,16,17,18). The van der Waals surface area contributed by atoms with Gasteiger partial charge in [0.1, 0.15) is 0 Å². The summed E-state index contributed by atoms with van der Waals surface area (Å²) in [5.41, 5.74) is 0. The minimum Gasteiger partial charge on any atom is -0.360 e. The molecule has 0 radical (unpaired) electrons. The van der Waals surface area contributed by atoms with Gasteiger partial charge in [0, 0.05) is 26.7 Å². The van der Waals surface area contributed by atoms with Gasteiger partial charge in [0.15, 0.2) is 5.76 Å². The number of rotatable bonds is 7. The van der Waals surface area contributed by atoms with Crippen LogP contribution in [0.2, 0.25) is 0 Å². The first-order valence-electron chi connectivity index (χ1n) is 6.49. The zero-order valence-electron chi connectivity index (χ0n) is 11.9. The molecule has 0 atom stereocenters. The van der Waals surface area contributed by atoms with Crippen LogP contribution in [0.25, 0.3) is 0 Å². The van der Waals surface area contributed by atoms with Gasteiger partial charge in [-0.25, -0.2) is 0 Å². The van der Waals surface area contributed by atoms with Crippen molar-refractivity contribution in [2.75, 3.05) is 36.2 Å². The zero-order chi connectivity index (χ0) is 14.4. The molecule has 8 nitrogen and oxygen atoms in total. The second-order valence-corrected chi connectivity index (χ2v) is 4.44. The summed E-state index contributed by atoms with van der Waals surface area (Å²) in [7, 11) is 3.78. The fourth-order valence-electron chi connectivity index (χ4n) is 1.46. The smallest absolute Gasteiger partial charge is 0.231 e. The summed E-state index contributed by atoms with van der Waals surface area (Å²) >= 11 is 0. The Hall–Kier alpha value is -2.38. The summed E-state index contributed by atoms with van der Waals surface area (Å²) < 4.78 is 5.02. The predicted molar refractivity (Wildman–Crippen MR) is 76.8 cm³/mol. The third-order valence-corrected chi connectivity index (χ3v) is 2.47. The van der Waals surface area contributed by atoms with E-state index in [-0.39, 0.29) is 0 Å². The van der Waals surface area contributed by atoms with E-state index in [1.807, 2.05) is 19.0 Å². The molecule has 2 heterocycles. The van der Waals surface area contributed by atoms with E-state index in [9.17, 15) is 0 Å². The molecule has 8 heteroatoms. The maximum absolute atomic E-state index is 5.02. The molecule has 2 N–H and O–H groups in total. The molecule has 2 aromatic heterocycles. The molecule has 20 heavy (non-hydrogen) atoms. The molecule has 2 rings (SSSR count). The molecule has 0 saturated carbocycles. The maximum Gasteiger partial charge on any atom is 0.231 e. The summed E-state index contributed by atoms with van der Waals surface area (Å²) in [6.07, 6.45) is 2.60. The Morgan fingerprint density at radius 3 is 2.50 bits per heavy atom. The van der Waals surface area contributed by atoms with Gasteiger partial charge in [-0.2, -0.15) is 15.0 Å². The van der Waals surface area contributed by atoms with E-state index in [4.69, 9.17) is 4.52 Å². The van der Waals surface area contributed by atoms with Crippen molar-refractivity contribution in [1.29, 1.82) is 0 Å². The van der Waals surface area contributed by atoms with E-state index in [2.05, 4.69) is 37.7 Å². The fraction of sp³-hybridized carbons (Fsp3) is 0.500. The van der Waals surface area contributed by atoms with E-state index < -0.39 is 0 Å². The van der Waals surface area contributed by atoms with Gasteiger partial charge in [-0.1, -0.05) is 12.1 Å². The first-order chi connectivity index (χ1) is 9.69. The monoisotopic (exact) mass is 277 g/mol. The molecular formula is C12H19N7O.